The van der Waals surface area contributed by atoms with Gasteiger partial charge in [0, 0.05) is 11.3 Å². The Bertz CT molecular complexity index is 1070. The van der Waals surface area contributed by atoms with Crippen LogP contribution in [0.3, 0.4) is 0 Å². The molecule has 0 unspecified atom stereocenters. The molecule has 1 aliphatic rings. The third kappa shape index (κ3) is 4.24. The van der Waals surface area contributed by atoms with Gasteiger partial charge in [0.25, 0.3) is 0 Å². The third-order valence-electron chi connectivity index (χ3n) is 5.15. The predicted molar refractivity (Wildman–Crippen MR) is 116 cm³/mol. The Balaban J connectivity index is 1.54. The first-order valence-corrected chi connectivity index (χ1v) is 10.4. The predicted octanol–water partition coefficient (Wildman–Crippen LogP) is 4.52. The zero-order valence-electron chi connectivity index (χ0n) is 16.4. The molecule has 2 aromatic carbocycles. The number of hydrogen-bond acceptors (Lipinski definition) is 4. The van der Waals surface area contributed by atoms with Gasteiger partial charge in [0.15, 0.2) is 10.6 Å². The summed E-state index contributed by atoms with van der Waals surface area (Å²) in [7, 11) is 0. The number of nitrogens with zero attached hydrogens (tertiary/aromatic N) is 2. The first kappa shape index (κ1) is 19.4. The lowest BCUT2D eigenvalue weighted by molar-refractivity contribution is -0.116. The molecule has 29 heavy (non-hydrogen) atoms. The van der Waals surface area contributed by atoms with E-state index in [0.717, 1.165) is 36.3 Å². The second-order valence-electron chi connectivity index (χ2n) is 7.09. The van der Waals surface area contributed by atoms with E-state index in [9.17, 15) is 4.79 Å². The number of aromatic nitrogens is 3. The summed E-state index contributed by atoms with van der Waals surface area (Å²) in [6.45, 7) is 2.66. The van der Waals surface area contributed by atoms with E-state index in [-0.39, 0.29) is 12.5 Å². The monoisotopic (exact) mass is 408 g/mol. The number of carbonyl (C=O) groups is 1. The molecule has 150 valence electrons. The van der Waals surface area contributed by atoms with Crippen molar-refractivity contribution in [2.75, 3.05) is 11.9 Å². The van der Waals surface area contributed by atoms with Crippen molar-refractivity contribution in [3.63, 3.8) is 0 Å². The summed E-state index contributed by atoms with van der Waals surface area (Å²) in [5.74, 6) is 1.31. The van der Waals surface area contributed by atoms with Gasteiger partial charge in [-0.3, -0.25) is 14.5 Å². The number of hydrogen-bond donors (Lipinski definition) is 2. The van der Waals surface area contributed by atoms with Gasteiger partial charge in [0.1, 0.15) is 12.3 Å². The van der Waals surface area contributed by atoms with Crippen LogP contribution >= 0.6 is 12.2 Å². The molecule has 0 saturated carbocycles. The van der Waals surface area contributed by atoms with Crippen LogP contribution in [0.1, 0.15) is 30.9 Å². The number of nitrogens with one attached hydrogen (secondary N) is 2. The molecular weight excluding hydrogens is 384 g/mol. The summed E-state index contributed by atoms with van der Waals surface area (Å²) < 4.78 is 7.62. The fourth-order valence-corrected chi connectivity index (χ4v) is 3.98. The van der Waals surface area contributed by atoms with Gasteiger partial charge in [0.05, 0.1) is 6.61 Å². The number of rotatable bonds is 6. The number of fused-ring (bicyclic) bond motifs is 1. The maximum absolute atomic E-state index is 12.8. The van der Waals surface area contributed by atoms with E-state index < -0.39 is 0 Å². The SMILES string of the molecule is CCOc1ccc(-c2n[nH]c(=S)n2CC(=O)Nc2cccc3c2CCCC3)cc1. The molecular formula is C22H24N4O2S. The normalized spacial score (nSPS) is 13.0. The fraction of sp³-hybridized carbons (Fsp3) is 0.318. The van der Waals surface area contributed by atoms with Gasteiger partial charge in [0.2, 0.25) is 5.91 Å². The van der Waals surface area contributed by atoms with Crippen molar-refractivity contribution < 1.29 is 9.53 Å². The van der Waals surface area contributed by atoms with Crippen LogP contribution in [-0.2, 0) is 24.2 Å². The number of carbonyl (C=O) groups excluding carboxylic acids is 1. The molecule has 1 heterocycles. The molecule has 0 atom stereocenters. The van der Waals surface area contributed by atoms with E-state index in [1.165, 1.54) is 17.5 Å². The summed E-state index contributed by atoms with van der Waals surface area (Å²) in [6, 6.07) is 13.7. The molecule has 6 nitrogen and oxygen atoms in total. The average Bonchev–Trinajstić information content (AvgIpc) is 3.09. The maximum atomic E-state index is 12.8. The molecule has 3 aromatic rings. The maximum Gasteiger partial charge on any atom is 0.244 e. The van der Waals surface area contributed by atoms with Crippen molar-refractivity contribution in [2.24, 2.45) is 0 Å². The van der Waals surface area contributed by atoms with Crippen LogP contribution in [0, 0.1) is 4.77 Å². The van der Waals surface area contributed by atoms with Crippen molar-refractivity contribution in [1.29, 1.82) is 0 Å². The van der Waals surface area contributed by atoms with Crippen molar-refractivity contribution in [1.82, 2.24) is 14.8 Å². The highest BCUT2D eigenvalue weighted by Crippen LogP contribution is 2.28. The minimum atomic E-state index is -0.117. The molecule has 1 amide bonds. The second-order valence-corrected chi connectivity index (χ2v) is 7.48. The van der Waals surface area contributed by atoms with Crippen LogP contribution in [0.25, 0.3) is 11.4 Å². The van der Waals surface area contributed by atoms with Crippen molar-refractivity contribution >= 4 is 23.8 Å². The molecule has 4 rings (SSSR count). The summed E-state index contributed by atoms with van der Waals surface area (Å²) in [6.07, 6.45) is 4.46. The number of aromatic amines is 1. The van der Waals surface area contributed by atoms with Crippen LogP contribution < -0.4 is 10.1 Å². The molecule has 1 aromatic heterocycles. The molecule has 0 aliphatic heterocycles. The smallest absolute Gasteiger partial charge is 0.244 e. The largest absolute Gasteiger partial charge is 0.494 e. The molecule has 0 bridgehead atoms. The van der Waals surface area contributed by atoms with Gasteiger partial charge < -0.3 is 10.1 Å². The molecule has 0 spiro atoms. The van der Waals surface area contributed by atoms with Crippen LogP contribution in [0.2, 0.25) is 0 Å². The quantitative estimate of drug-likeness (QED) is 0.588. The Morgan fingerprint density at radius 3 is 2.79 bits per heavy atom. The van der Waals surface area contributed by atoms with Gasteiger partial charge in [-0.25, -0.2) is 0 Å². The highest BCUT2D eigenvalue weighted by molar-refractivity contribution is 7.71. The number of amides is 1. The number of benzene rings is 2. The number of ether oxygens (including phenoxy) is 1. The first-order chi connectivity index (χ1) is 14.2. The fourth-order valence-electron chi connectivity index (χ4n) is 3.78. The number of anilines is 1. The van der Waals surface area contributed by atoms with Gasteiger partial charge >= 0.3 is 0 Å². The summed E-state index contributed by atoms with van der Waals surface area (Å²) in [4.78, 5) is 12.8. The van der Waals surface area contributed by atoms with Gasteiger partial charge in [-0.1, -0.05) is 12.1 Å². The van der Waals surface area contributed by atoms with Gasteiger partial charge in [-0.2, -0.15) is 5.10 Å². The number of H-pyrrole nitrogens is 1. The summed E-state index contributed by atoms with van der Waals surface area (Å²) in [5.41, 5.74) is 4.37. The van der Waals surface area contributed by atoms with Gasteiger partial charge in [-0.15, -0.1) is 0 Å². The molecule has 7 heteroatoms. The summed E-state index contributed by atoms with van der Waals surface area (Å²) >= 11 is 5.36. The molecule has 0 radical (unpaired) electrons. The van der Waals surface area contributed by atoms with Crippen LogP contribution in [0.15, 0.2) is 42.5 Å². The molecule has 1 aliphatic carbocycles. The van der Waals surface area contributed by atoms with Crippen LogP contribution in [0.5, 0.6) is 5.75 Å². The zero-order chi connectivity index (χ0) is 20.2. The van der Waals surface area contributed by atoms with Crippen LogP contribution in [-0.4, -0.2) is 27.3 Å². The van der Waals surface area contributed by atoms with E-state index in [0.29, 0.717) is 17.2 Å². The highest BCUT2D eigenvalue weighted by atomic mass is 32.1. The molecule has 0 fully saturated rings. The Labute approximate surface area is 174 Å². The van der Waals surface area contributed by atoms with Crippen molar-refractivity contribution in [2.45, 2.75) is 39.2 Å². The molecule has 0 saturated heterocycles. The van der Waals surface area contributed by atoms with Gasteiger partial charge in [-0.05, 0) is 86.3 Å². The zero-order valence-corrected chi connectivity index (χ0v) is 17.2. The Kier molecular flexibility index (Phi) is 5.76. The lowest BCUT2D eigenvalue weighted by atomic mass is 9.90. The average molecular weight is 409 g/mol. The minimum Gasteiger partial charge on any atom is -0.494 e. The Hall–Kier alpha value is -2.93. The Morgan fingerprint density at radius 1 is 1.21 bits per heavy atom. The topological polar surface area (TPSA) is 71.9 Å². The second kappa shape index (κ2) is 8.61. The van der Waals surface area contributed by atoms with E-state index in [4.69, 9.17) is 17.0 Å². The van der Waals surface area contributed by atoms with E-state index >= 15 is 0 Å². The van der Waals surface area contributed by atoms with E-state index in [1.807, 2.05) is 43.3 Å². The third-order valence-corrected chi connectivity index (χ3v) is 5.47. The molecule has 2 N–H and O–H groups in total. The van der Waals surface area contributed by atoms with Crippen molar-refractivity contribution in [3.05, 3.63) is 58.4 Å². The lowest BCUT2D eigenvalue weighted by Gasteiger charge is -2.19. The number of aryl methyl sites for hydroxylation is 1. The van der Waals surface area contributed by atoms with E-state index in [2.05, 4.69) is 21.6 Å². The summed E-state index contributed by atoms with van der Waals surface area (Å²) in [5, 5.41) is 10.2. The first-order valence-electron chi connectivity index (χ1n) is 9.94. The minimum absolute atomic E-state index is 0.0988. The standard InChI is InChI=1S/C22H24N4O2S/c1-2-28-17-12-10-16(11-13-17)21-24-25-22(29)26(21)14-20(27)23-19-9-5-7-15-6-3-4-8-18(15)19/h5,7,9-13H,2-4,6,8,14H2,1H3,(H,23,27)(H,25,29). The van der Waals surface area contributed by atoms with Crippen LogP contribution in [0.4, 0.5) is 5.69 Å². The van der Waals surface area contributed by atoms with E-state index in [1.54, 1.807) is 4.57 Å². The highest BCUT2D eigenvalue weighted by Gasteiger charge is 2.16. The Morgan fingerprint density at radius 2 is 2.00 bits per heavy atom. The van der Waals surface area contributed by atoms with Crippen molar-refractivity contribution in [3.8, 4) is 17.1 Å². The lowest BCUT2D eigenvalue weighted by Crippen LogP contribution is -2.21.